The van der Waals surface area contributed by atoms with Crippen LogP contribution in [0.15, 0.2) is 21.5 Å². The molecule has 1 heterocycles. The normalized spacial score (nSPS) is 19.5. The van der Waals surface area contributed by atoms with E-state index in [1.807, 2.05) is 32.9 Å². The fourth-order valence-corrected chi connectivity index (χ4v) is 2.70. The van der Waals surface area contributed by atoms with Gasteiger partial charge in [-0.1, -0.05) is 12.8 Å². The molecular formula is C16H27N3O2. The van der Waals surface area contributed by atoms with Crippen molar-refractivity contribution in [3.63, 3.8) is 0 Å². The lowest BCUT2D eigenvalue weighted by Crippen LogP contribution is -2.40. The van der Waals surface area contributed by atoms with Crippen molar-refractivity contribution in [3.05, 3.63) is 23.7 Å². The Labute approximate surface area is 126 Å². The van der Waals surface area contributed by atoms with Gasteiger partial charge in [0.1, 0.15) is 11.5 Å². The molecule has 118 valence electrons. The summed E-state index contributed by atoms with van der Waals surface area (Å²) in [5.74, 6) is 2.51. The average molecular weight is 293 g/mol. The third-order valence-electron chi connectivity index (χ3n) is 3.95. The third kappa shape index (κ3) is 4.49. The zero-order chi connectivity index (χ0) is 15.3. The highest BCUT2D eigenvalue weighted by molar-refractivity contribution is 5.80. The van der Waals surface area contributed by atoms with Crippen molar-refractivity contribution in [1.82, 2.24) is 10.6 Å². The molecule has 0 radical (unpaired) electrons. The summed E-state index contributed by atoms with van der Waals surface area (Å²) in [5, 5.41) is 16.9. The summed E-state index contributed by atoms with van der Waals surface area (Å²) in [6.07, 6.45) is 3.89. The molecule has 0 aliphatic heterocycles. The molecule has 1 unspecified atom stereocenters. The van der Waals surface area contributed by atoms with E-state index in [0.717, 1.165) is 49.7 Å². The Bertz CT molecular complexity index is 476. The van der Waals surface area contributed by atoms with Crippen molar-refractivity contribution in [2.45, 2.75) is 58.1 Å². The van der Waals surface area contributed by atoms with Crippen molar-refractivity contribution in [2.24, 2.45) is 4.99 Å². The molecule has 1 saturated carbocycles. The fraction of sp³-hybridized carbons (Fsp3) is 0.688. The van der Waals surface area contributed by atoms with Crippen LogP contribution in [0.25, 0.3) is 0 Å². The predicted octanol–water partition coefficient (Wildman–Crippen LogP) is 2.51. The van der Waals surface area contributed by atoms with Crippen molar-refractivity contribution in [2.75, 3.05) is 13.1 Å². The molecule has 1 aliphatic carbocycles. The minimum absolute atomic E-state index is 0.0368. The van der Waals surface area contributed by atoms with Gasteiger partial charge in [-0.05, 0) is 45.7 Å². The summed E-state index contributed by atoms with van der Waals surface area (Å²) in [6.45, 7) is 7.24. The topological polar surface area (TPSA) is 69.8 Å². The van der Waals surface area contributed by atoms with Gasteiger partial charge in [0.2, 0.25) is 0 Å². The maximum atomic E-state index is 10.4. The zero-order valence-electron chi connectivity index (χ0n) is 13.3. The maximum Gasteiger partial charge on any atom is 0.191 e. The summed E-state index contributed by atoms with van der Waals surface area (Å²) >= 11 is 0. The molecule has 1 aromatic heterocycles. The van der Waals surface area contributed by atoms with E-state index in [0.29, 0.717) is 6.54 Å². The van der Waals surface area contributed by atoms with Crippen LogP contribution in [-0.2, 0) is 0 Å². The van der Waals surface area contributed by atoms with Gasteiger partial charge in [-0.15, -0.1) is 0 Å². The number of nitrogens with one attached hydrogen (secondary N) is 2. The highest BCUT2D eigenvalue weighted by atomic mass is 16.3. The van der Waals surface area contributed by atoms with Gasteiger partial charge in [0, 0.05) is 6.54 Å². The number of nitrogens with zero attached hydrogens (tertiary/aromatic N) is 1. The number of aryl methyl sites for hydroxylation is 1. The summed E-state index contributed by atoms with van der Waals surface area (Å²) in [7, 11) is 0. The SMILES string of the molecule is CCNC(=NCC1(O)CCCC1)NC(C)c1ccc(C)o1. The number of furan rings is 1. The van der Waals surface area contributed by atoms with Gasteiger partial charge in [-0.2, -0.15) is 0 Å². The first-order valence-corrected chi connectivity index (χ1v) is 7.86. The highest BCUT2D eigenvalue weighted by Crippen LogP contribution is 2.29. The standard InChI is InChI=1S/C16H27N3O2/c1-4-17-15(18-11-16(20)9-5-6-10-16)19-13(3)14-8-7-12(2)21-14/h7-8,13,20H,4-6,9-11H2,1-3H3,(H2,17,18,19). The van der Waals surface area contributed by atoms with Crippen molar-refractivity contribution < 1.29 is 9.52 Å². The second-order valence-corrected chi connectivity index (χ2v) is 5.94. The van der Waals surface area contributed by atoms with Gasteiger partial charge in [-0.3, -0.25) is 4.99 Å². The smallest absolute Gasteiger partial charge is 0.191 e. The lowest BCUT2D eigenvalue weighted by molar-refractivity contribution is 0.0574. The van der Waals surface area contributed by atoms with Crippen molar-refractivity contribution in [1.29, 1.82) is 0 Å². The minimum atomic E-state index is -0.618. The summed E-state index contributed by atoms with van der Waals surface area (Å²) in [5.41, 5.74) is -0.618. The predicted molar refractivity (Wildman–Crippen MR) is 84.4 cm³/mol. The Morgan fingerprint density at radius 3 is 2.71 bits per heavy atom. The summed E-state index contributed by atoms with van der Waals surface area (Å²) in [4.78, 5) is 4.54. The Morgan fingerprint density at radius 2 is 2.14 bits per heavy atom. The molecule has 0 spiro atoms. The second kappa shape index (κ2) is 6.98. The number of aliphatic imine (C=N–C) groups is 1. The molecule has 21 heavy (non-hydrogen) atoms. The number of hydrogen-bond acceptors (Lipinski definition) is 3. The van der Waals surface area contributed by atoms with Gasteiger partial charge in [0.05, 0.1) is 18.2 Å². The molecule has 3 N–H and O–H groups in total. The number of aliphatic hydroxyl groups is 1. The average Bonchev–Trinajstić information content (AvgIpc) is 3.06. The lowest BCUT2D eigenvalue weighted by Gasteiger charge is -2.21. The quantitative estimate of drug-likeness (QED) is 0.576. The Hall–Kier alpha value is -1.49. The molecule has 1 aromatic rings. The molecule has 1 fully saturated rings. The Balaban J connectivity index is 1.97. The molecular weight excluding hydrogens is 266 g/mol. The lowest BCUT2D eigenvalue weighted by atomic mass is 10.0. The van der Waals surface area contributed by atoms with Crippen LogP contribution < -0.4 is 10.6 Å². The second-order valence-electron chi connectivity index (χ2n) is 5.94. The molecule has 1 aliphatic rings. The van der Waals surface area contributed by atoms with E-state index in [4.69, 9.17) is 4.42 Å². The van der Waals surface area contributed by atoms with Crippen LogP contribution >= 0.6 is 0 Å². The van der Waals surface area contributed by atoms with Crippen molar-refractivity contribution >= 4 is 5.96 Å². The van der Waals surface area contributed by atoms with Crippen LogP contribution in [0.4, 0.5) is 0 Å². The number of rotatable bonds is 5. The van der Waals surface area contributed by atoms with Gasteiger partial charge < -0.3 is 20.2 Å². The highest BCUT2D eigenvalue weighted by Gasteiger charge is 2.30. The van der Waals surface area contributed by atoms with Crippen LogP contribution in [0.3, 0.4) is 0 Å². The summed E-state index contributed by atoms with van der Waals surface area (Å²) < 4.78 is 5.63. The van der Waals surface area contributed by atoms with Crippen LogP contribution in [0.5, 0.6) is 0 Å². The van der Waals surface area contributed by atoms with E-state index >= 15 is 0 Å². The Kier molecular flexibility index (Phi) is 5.28. The first-order valence-electron chi connectivity index (χ1n) is 7.86. The minimum Gasteiger partial charge on any atom is -0.464 e. The molecule has 5 nitrogen and oxygen atoms in total. The monoisotopic (exact) mass is 293 g/mol. The van der Waals surface area contributed by atoms with Gasteiger partial charge in [0.15, 0.2) is 5.96 Å². The molecule has 0 aromatic carbocycles. The number of guanidine groups is 1. The largest absolute Gasteiger partial charge is 0.464 e. The molecule has 0 bridgehead atoms. The zero-order valence-corrected chi connectivity index (χ0v) is 13.3. The van der Waals surface area contributed by atoms with Crippen LogP contribution in [0.2, 0.25) is 0 Å². The first kappa shape index (κ1) is 15.9. The molecule has 2 rings (SSSR count). The number of hydrogen-bond donors (Lipinski definition) is 3. The Morgan fingerprint density at radius 1 is 1.43 bits per heavy atom. The van der Waals surface area contributed by atoms with Crippen LogP contribution in [-0.4, -0.2) is 29.8 Å². The molecule has 0 amide bonds. The van der Waals surface area contributed by atoms with E-state index in [1.165, 1.54) is 0 Å². The van der Waals surface area contributed by atoms with Crippen LogP contribution in [0.1, 0.15) is 57.1 Å². The van der Waals surface area contributed by atoms with Gasteiger partial charge >= 0.3 is 0 Å². The van der Waals surface area contributed by atoms with E-state index in [2.05, 4.69) is 15.6 Å². The van der Waals surface area contributed by atoms with E-state index in [9.17, 15) is 5.11 Å². The van der Waals surface area contributed by atoms with Crippen LogP contribution in [0, 0.1) is 6.92 Å². The molecule has 1 atom stereocenters. The van der Waals surface area contributed by atoms with Gasteiger partial charge in [-0.25, -0.2) is 0 Å². The van der Waals surface area contributed by atoms with E-state index in [1.54, 1.807) is 0 Å². The molecule has 0 saturated heterocycles. The molecule has 5 heteroatoms. The summed E-state index contributed by atoms with van der Waals surface area (Å²) in [6, 6.07) is 3.97. The van der Waals surface area contributed by atoms with E-state index < -0.39 is 5.60 Å². The van der Waals surface area contributed by atoms with Crippen molar-refractivity contribution in [3.8, 4) is 0 Å². The van der Waals surface area contributed by atoms with E-state index in [-0.39, 0.29) is 6.04 Å². The maximum absolute atomic E-state index is 10.4. The third-order valence-corrected chi connectivity index (χ3v) is 3.95. The van der Waals surface area contributed by atoms with Gasteiger partial charge in [0.25, 0.3) is 0 Å². The fourth-order valence-electron chi connectivity index (χ4n) is 2.70. The first-order chi connectivity index (χ1) is 10.0.